The monoisotopic (exact) mass is 341 g/mol. The molecule has 0 bridgehead atoms. The molecule has 0 aliphatic carbocycles. The maximum atomic E-state index is 10.4. The number of halogens is 1. The molecule has 0 saturated heterocycles. The second-order valence-corrected chi connectivity index (χ2v) is 6.69. The van der Waals surface area contributed by atoms with Crippen molar-refractivity contribution in [3.8, 4) is 0 Å². The van der Waals surface area contributed by atoms with Gasteiger partial charge < -0.3 is 10.0 Å². The molecule has 0 unspecified atom stereocenters. The zero-order chi connectivity index (χ0) is 16.0. The second kappa shape index (κ2) is 5.37. The zero-order valence-electron chi connectivity index (χ0n) is 12.0. The summed E-state index contributed by atoms with van der Waals surface area (Å²) in [5.41, 5.74) is 2.15. The average Bonchev–Trinajstić information content (AvgIpc) is 3.07. The normalized spacial score (nSPS) is 15.0. The smallest absolute Gasteiger partial charge is 0.139 e. The van der Waals surface area contributed by atoms with E-state index in [0.717, 1.165) is 15.9 Å². The molecule has 2 heterocycles. The van der Waals surface area contributed by atoms with E-state index in [0.29, 0.717) is 15.6 Å². The second-order valence-electron chi connectivity index (χ2n) is 5.22. The molecule has 1 aliphatic heterocycles. The fourth-order valence-electron chi connectivity index (χ4n) is 2.65. The van der Waals surface area contributed by atoms with E-state index >= 15 is 0 Å². The van der Waals surface area contributed by atoms with Crippen LogP contribution in [0.5, 0.6) is 0 Å². The van der Waals surface area contributed by atoms with Gasteiger partial charge in [-0.3, -0.25) is 5.41 Å². The highest BCUT2D eigenvalue weighted by Gasteiger charge is 2.31. The summed E-state index contributed by atoms with van der Waals surface area (Å²) in [6.45, 7) is 0.254. The molecule has 6 heteroatoms. The summed E-state index contributed by atoms with van der Waals surface area (Å²) >= 11 is 7.51. The van der Waals surface area contributed by atoms with E-state index in [1.54, 1.807) is 17.0 Å². The fourth-order valence-corrected chi connectivity index (χ4v) is 3.87. The lowest BCUT2D eigenvalue weighted by atomic mass is 10.2. The number of anilines is 1. The Hall–Kier alpha value is -2.37. The van der Waals surface area contributed by atoms with Gasteiger partial charge in [-0.2, -0.15) is 0 Å². The van der Waals surface area contributed by atoms with Crippen molar-refractivity contribution in [2.24, 2.45) is 0 Å². The van der Waals surface area contributed by atoms with E-state index in [-0.39, 0.29) is 18.1 Å². The summed E-state index contributed by atoms with van der Waals surface area (Å²) in [7, 11) is 0. The lowest BCUT2D eigenvalue weighted by Crippen LogP contribution is -2.25. The van der Waals surface area contributed by atoms with Gasteiger partial charge in [-0.1, -0.05) is 29.8 Å². The Morgan fingerprint density at radius 1 is 1.17 bits per heavy atom. The minimum Gasteiger partial charge on any atom is -0.510 e. The maximum absolute atomic E-state index is 10.4. The Kier molecular flexibility index (Phi) is 3.32. The number of amidine groups is 1. The number of fused-ring (bicyclic) bond motifs is 1. The highest BCUT2D eigenvalue weighted by atomic mass is 35.5. The topological polar surface area (TPSA) is 60.2 Å². The first-order chi connectivity index (χ1) is 11.1. The van der Waals surface area contributed by atoms with Gasteiger partial charge in [0.25, 0.3) is 0 Å². The van der Waals surface area contributed by atoms with E-state index in [4.69, 9.17) is 17.0 Å². The van der Waals surface area contributed by atoms with Crippen LogP contribution >= 0.6 is 22.9 Å². The van der Waals surface area contributed by atoms with Crippen LogP contribution in [0.25, 0.3) is 15.8 Å². The number of hydrogen-bond acceptors (Lipinski definition) is 4. The number of aromatic nitrogens is 1. The minimum atomic E-state index is 0.161. The van der Waals surface area contributed by atoms with Crippen LogP contribution in [0.4, 0.5) is 5.69 Å². The van der Waals surface area contributed by atoms with Gasteiger partial charge in [0.15, 0.2) is 0 Å². The molecule has 4 nitrogen and oxygen atoms in total. The van der Waals surface area contributed by atoms with E-state index < -0.39 is 0 Å². The molecule has 0 radical (unpaired) electrons. The van der Waals surface area contributed by atoms with Gasteiger partial charge in [-0.25, -0.2) is 4.98 Å². The van der Waals surface area contributed by atoms with Gasteiger partial charge in [-0.05, 0) is 30.3 Å². The van der Waals surface area contributed by atoms with Crippen molar-refractivity contribution in [1.82, 2.24) is 4.98 Å². The van der Waals surface area contributed by atoms with Crippen LogP contribution in [0.15, 0.2) is 54.3 Å². The van der Waals surface area contributed by atoms with Crippen molar-refractivity contribution < 1.29 is 5.11 Å². The van der Waals surface area contributed by atoms with Crippen molar-refractivity contribution in [2.75, 3.05) is 11.4 Å². The number of rotatable bonds is 2. The summed E-state index contributed by atoms with van der Waals surface area (Å²) in [6, 6.07) is 15.1. The molecule has 0 saturated carbocycles. The van der Waals surface area contributed by atoms with Crippen molar-refractivity contribution >= 4 is 50.3 Å². The van der Waals surface area contributed by atoms with Gasteiger partial charge in [0, 0.05) is 10.7 Å². The lowest BCUT2D eigenvalue weighted by Gasteiger charge is -2.18. The van der Waals surface area contributed by atoms with Crippen LogP contribution < -0.4 is 4.90 Å². The Labute approximate surface area is 141 Å². The number of aliphatic hydroxyl groups excluding tert-OH is 1. The molecule has 0 amide bonds. The Bertz CT molecular complexity index is 930. The van der Waals surface area contributed by atoms with Gasteiger partial charge in [0.1, 0.15) is 16.6 Å². The van der Waals surface area contributed by atoms with Gasteiger partial charge in [0.05, 0.1) is 22.3 Å². The molecule has 0 spiro atoms. The predicted octanol–water partition coefficient (Wildman–Crippen LogP) is 4.72. The molecule has 4 rings (SSSR count). The van der Waals surface area contributed by atoms with Crippen LogP contribution in [0.2, 0.25) is 5.02 Å². The van der Waals surface area contributed by atoms with Crippen LogP contribution in [0.3, 0.4) is 0 Å². The molecule has 3 aromatic rings. The highest BCUT2D eigenvalue weighted by Crippen LogP contribution is 2.35. The number of aliphatic hydroxyl groups is 1. The zero-order valence-corrected chi connectivity index (χ0v) is 13.5. The van der Waals surface area contributed by atoms with Gasteiger partial charge in [-0.15, -0.1) is 11.3 Å². The number of nitrogens with zero attached hydrogens (tertiary/aromatic N) is 2. The number of para-hydroxylation sites is 1. The quantitative estimate of drug-likeness (QED) is 0.709. The van der Waals surface area contributed by atoms with Gasteiger partial charge in [0.2, 0.25) is 0 Å². The van der Waals surface area contributed by atoms with E-state index in [1.807, 2.05) is 36.4 Å². The van der Waals surface area contributed by atoms with Crippen molar-refractivity contribution in [2.45, 2.75) is 0 Å². The predicted molar refractivity (Wildman–Crippen MR) is 95.7 cm³/mol. The van der Waals surface area contributed by atoms with Crippen LogP contribution in [0, 0.1) is 5.41 Å². The molecule has 0 fully saturated rings. The number of thiazole rings is 1. The number of nitrogens with one attached hydrogen (secondary N) is 1. The third kappa shape index (κ3) is 2.38. The lowest BCUT2D eigenvalue weighted by molar-refractivity contribution is 0.411. The third-order valence-electron chi connectivity index (χ3n) is 3.73. The molecule has 0 atom stereocenters. The summed E-state index contributed by atoms with van der Waals surface area (Å²) in [4.78, 5) is 6.27. The summed E-state index contributed by atoms with van der Waals surface area (Å²) in [5, 5.41) is 20.1. The SMILES string of the molecule is N=C1C(c2nc3ccccc3s2)=C(O)CN1c1cccc(Cl)c1. The average molecular weight is 342 g/mol. The van der Waals surface area contributed by atoms with Crippen LogP contribution in [-0.4, -0.2) is 22.5 Å². The van der Waals surface area contributed by atoms with Crippen molar-refractivity contribution in [3.05, 3.63) is 64.3 Å². The maximum Gasteiger partial charge on any atom is 0.139 e. The summed E-state index contributed by atoms with van der Waals surface area (Å²) in [5.74, 6) is 0.401. The standard InChI is InChI=1S/C17H12ClN3OS/c18-10-4-3-5-11(8-10)21-9-13(22)15(16(21)19)17-20-12-6-1-2-7-14(12)23-17/h1-8,19,22H,9H2. The van der Waals surface area contributed by atoms with E-state index in [9.17, 15) is 5.11 Å². The van der Waals surface area contributed by atoms with Crippen LogP contribution in [-0.2, 0) is 0 Å². The first-order valence-corrected chi connectivity index (χ1v) is 8.23. The molecular formula is C17H12ClN3OS. The summed E-state index contributed by atoms with van der Waals surface area (Å²) in [6.07, 6.45) is 0. The van der Waals surface area contributed by atoms with E-state index in [2.05, 4.69) is 4.98 Å². The van der Waals surface area contributed by atoms with Crippen LogP contribution in [0.1, 0.15) is 5.01 Å². The Balaban J connectivity index is 1.74. The third-order valence-corrected chi connectivity index (χ3v) is 5.02. The summed E-state index contributed by atoms with van der Waals surface area (Å²) < 4.78 is 1.04. The minimum absolute atomic E-state index is 0.161. The number of benzene rings is 2. The molecule has 1 aliphatic rings. The molecule has 114 valence electrons. The number of hydrogen-bond donors (Lipinski definition) is 2. The van der Waals surface area contributed by atoms with Crippen molar-refractivity contribution in [3.63, 3.8) is 0 Å². The van der Waals surface area contributed by atoms with E-state index in [1.165, 1.54) is 11.3 Å². The Morgan fingerprint density at radius 2 is 2.00 bits per heavy atom. The fraction of sp³-hybridized carbons (Fsp3) is 0.0588. The molecule has 2 aromatic carbocycles. The first-order valence-electron chi connectivity index (χ1n) is 7.03. The molecular weight excluding hydrogens is 330 g/mol. The van der Waals surface area contributed by atoms with Gasteiger partial charge >= 0.3 is 0 Å². The molecule has 2 N–H and O–H groups in total. The molecule has 23 heavy (non-hydrogen) atoms. The van der Waals surface area contributed by atoms with Crippen molar-refractivity contribution in [1.29, 1.82) is 5.41 Å². The highest BCUT2D eigenvalue weighted by molar-refractivity contribution is 7.19. The molecule has 1 aromatic heterocycles. The Morgan fingerprint density at radius 3 is 2.78 bits per heavy atom. The largest absolute Gasteiger partial charge is 0.510 e. The first kappa shape index (κ1) is 14.2.